The number of nitrogens with zero attached hydrogens (tertiary/aromatic N) is 2. The smallest absolute Gasteiger partial charge is 0.416 e. The first-order valence-corrected chi connectivity index (χ1v) is 7.94. The van der Waals surface area contributed by atoms with Gasteiger partial charge in [-0.05, 0) is 18.2 Å². The molecule has 1 aliphatic heterocycles. The van der Waals surface area contributed by atoms with Crippen molar-refractivity contribution in [2.45, 2.75) is 18.7 Å². The average molecular weight is 387 g/mol. The quantitative estimate of drug-likeness (QED) is 0.808. The van der Waals surface area contributed by atoms with Crippen molar-refractivity contribution in [1.29, 1.82) is 0 Å². The number of likely N-dealkylation sites (tertiary alicyclic amines) is 1. The zero-order chi connectivity index (χ0) is 19.6. The van der Waals surface area contributed by atoms with Crippen LogP contribution in [0.3, 0.4) is 0 Å². The summed E-state index contributed by atoms with van der Waals surface area (Å²) in [6, 6.07) is 4.05. The van der Waals surface area contributed by atoms with Crippen LogP contribution in [0.2, 0.25) is 0 Å². The molecule has 3 rings (SSSR count). The van der Waals surface area contributed by atoms with Gasteiger partial charge in [-0.1, -0.05) is 6.07 Å². The van der Waals surface area contributed by atoms with Gasteiger partial charge >= 0.3 is 12.2 Å². The Balaban J connectivity index is 1.61. The van der Waals surface area contributed by atoms with Crippen LogP contribution in [0.25, 0.3) is 0 Å². The maximum Gasteiger partial charge on any atom is 0.416 e. The summed E-state index contributed by atoms with van der Waals surface area (Å²) < 4.78 is 70.8. The van der Waals surface area contributed by atoms with Crippen LogP contribution in [0.5, 0.6) is 5.88 Å². The number of para-hydroxylation sites is 1. The number of anilines is 1. The lowest BCUT2D eigenvalue weighted by Gasteiger charge is -2.18. The molecule has 5 nitrogen and oxygen atoms in total. The minimum Gasteiger partial charge on any atom is -0.472 e. The zero-order valence-corrected chi connectivity index (χ0v) is 13.8. The fraction of sp³-hybridized carbons (Fsp3) is 0.294. The number of hydrogen-bond acceptors (Lipinski definition) is 3. The summed E-state index contributed by atoms with van der Waals surface area (Å²) in [6.45, 7) is 0.255. The van der Waals surface area contributed by atoms with Crippen LogP contribution in [0.4, 0.5) is 32.4 Å². The number of alkyl halides is 3. The van der Waals surface area contributed by atoms with Crippen LogP contribution in [0, 0.1) is 11.6 Å². The minimum atomic E-state index is -4.52. The maximum atomic E-state index is 13.6. The van der Waals surface area contributed by atoms with Gasteiger partial charge in [-0.15, -0.1) is 0 Å². The first kappa shape index (κ1) is 18.9. The van der Waals surface area contributed by atoms with Gasteiger partial charge in [0.05, 0.1) is 12.1 Å². The Morgan fingerprint density at radius 3 is 2.59 bits per heavy atom. The molecule has 144 valence electrons. The highest BCUT2D eigenvalue weighted by molar-refractivity contribution is 5.89. The van der Waals surface area contributed by atoms with E-state index in [1.807, 2.05) is 0 Å². The second-order valence-electron chi connectivity index (χ2n) is 5.88. The molecule has 1 saturated heterocycles. The molecule has 2 amide bonds. The van der Waals surface area contributed by atoms with Crippen molar-refractivity contribution in [3.8, 4) is 5.88 Å². The number of hydrogen-bond donors (Lipinski definition) is 1. The van der Waals surface area contributed by atoms with Gasteiger partial charge in [-0.2, -0.15) is 13.2 Å². The number of nitrogens with one attached hydrogen (secondary N) is 1. The molecule has 1 aliphatic rings. The Morgan fingerprint density at radius 1 is 1.22 bits per heavy atom. The van der Waals surface area contributed by atoms with Crippen molar-refractivity contribution in [3.63, 3.8) is 0 Å². The largest absolute Gasteiger partial charge is 0.472 e. The van der Waals surface area contributed by atoms with Crippen molar-refractivity contribution in [1.82, 2.24) is 9.88 Å². The van der Waals surface area contributed by atoms with E-state index >= 15 is 0 Å². The van der Waals surface area contributed by atoms with Crippen molar-refractivity contribution in [2.75, 3.05) is 18.4 Å². The third-order valence-electron chi connectivity index (χ3n) is 3.98. The number of carbonyl (C=O) groups excluding carboxylic acids is 1. The lowest BCUT2D eigenvalue weighted by molar-refractivity contribution is -0.137. The molecule has 2 aromatic rings. The van der Waals surface area contributed by atoms with Gasteiger partial charge < -0.3 is 15.0 Å². The Hall–Kier alpha value is -2.91. The van der Waals surface area contributed by atoms with Crippen molar-refractivity contribution >= 4 is 11.7 Å². The van der Waals surface area contributed by atoms with E-state index in [2.05, 4.69) is 10.3 Å². The van der Waals surface area contributed by atoms with Crippen LogP contribution in [-0.2, 0) is 6.18 Å². The number of pyridine rings is 1. The third-order valence-corrected chi connectivity index (χ3v) is 3.98. The molecule has 1 N–H and O–H groups in total. The molecule has 0 spiro atoms. The van der Waals surface area contributed by atoms with Crippen LogP contribution in [0.1, 0.15) is 12.0 Å². The number of halogens is 5. The molecule has 1 unspecified atom stereocenters. The maximum absolute atomic E-state index is 13.6. The summed E-state index contributed by atoms with van der Waals surface area (Å²) in [7, 11) is 0. The van der Waals surface area contributed by atoms with Crippen molar-refractivity contribution in [3.05, 3.63) is 53.7 Å². The molecule has 0 saturated carbocycles. The highest BCUT2D eigenvalue weighted by Crippen LogP contribution is 2.31. The summed E-state index contributed by atoms with van der Waals surface area (Å²) in [5, 5.41) is 2.15. The van der Waals surface area contributed by atoms with Crippen LogP contribution >= 0.6 is 0 Å². The van der Waals surface area contributed by atoms with Gasteiger partial charge in [0.25, 0.3) is 0 Å². The lowest BCUT2D eigenvalue weighted by atomic mass is 10.2. The Labute approximate surface area is 150 Å². The van der Waals surface area contributed by atoms with Crippen LogP contribution in [0.15, 0.2) is 36.5 Å². The highest BCUT2D eigenvalue weighted by Gasteiger charge is 2.32. The second kappa shape index (κ2) is 7.37. The number of aromatic nitrogens is 1. The minimum absolute atomic E-state index is 0.0415. The summed E-state index contributed by atoms with van der Waals surface area (Å²) >= 11 is 0. The zero-order valence-electron chi connectivity index (χ0n) is 13.8. The summed E-state index contributed by atoms with van der Waals surface area (Å²) in [5.74, 6) is -2.04. The molecule has 2 heterocycles. The monoisotopic (exact) mass is 387 g/mol. The SMILES string of the molecule is O=C(Nc1c(F)cccc1F)N1CCC(Oc2cc(C(F)(F)F)ccn2)C1. The van der Waals surface area contributed by atoms with Gasteiger partial charge in [0, 0.05) is 25.2 Å². The molecule has 0 aliphatic carbocycles. The van der Waals surface area contributed by atoms with Crippen LogP contribution < -0.4 is 10.1 Å². The molecule has 1 fully saturated rings. The van der Waals surface area contributed by atoms with Crippen molar-refractivity contribution in [2.24, 2.45) is 0 Å². The fourth-order valence-corrected chi connectivity index (χ4v) is 2.63. The Bertz CT molecular complexity index is 823. The fourth-order valence-electron chi connectivity index (χ4n) is 2.63. The number of benzene rings is 1. The molecule has 10 heteroatoms. The Morgan fingerprint density at radius 2 is 1.93 bits per heavy atom. The standard InChI is InChI=1S/C17H14F5N3O2/c18-12-2-1-3-13(19)15(12)24-16(26)25-7-5-11(9-25)27-14-8-10(4-6-23-14)17(20,21)22/h1-4,6,8,11H,5,7,9H2,(H,24,26). The van der Waals surface area contributed by atoms with E-state index in [0.29, 0.717) is 6.42 Å². The van der Waals surface area contributed by atoms with Crippen LogP contribution in [-0.4, -0.2) is 35.1 Å². The van der Waals surface area contributed by atoms with E-state index in [-0.39, 0.29) is 19.0 Å². The van der Waals surface area contributed by atoms with Crippen molar-refractivity contribution < 1.29 is 31.5 Å². The summed E-state index contributed by atoms with van der Waals surface area (Å²) in [4.78, 5) is 17.2. The summed E-state index contributed by atoms with van der Waals surface area (Å²) in [5.41, 5.74) is -1.46. The second-order valence-corrected chi connectivity index (χ2v) is 5.88. The van der Waals surface area contributed by atoms with E-state index in [9.17, 15) is 26.7 Å². The van der Waals surface area contributed by atoms with E-state index < -0.39 is 41.2 Å². The van der Waals surface area contributed by atoms with E-state index in [1.165, 1.54) is 11.0 Å². The number of carbonyl (C=O) groups is 1. The van der Waals surface area contributed by atoms with Gasteiger partial charge in [-0.25, -0.2) is 18.6 Å². The molecule has 0 bridgehead atoms. The molecule has 1 aromatic carbocycles. The molecule has 1 aromatic heterocycles. The summed E-state index contributed by atoms with van der Waals surface area (Å²) in [6.07, 6.45) is -3.78. The number of ether oxygens (including phenoxy) is 1. The van der Waals surface area contributed by atoms with Gasteiger partial charge in [0.2, 0.25) is 5.88 Å². The molecular weight excluding hydrogens is 373 g/mol. The first-order valence-electron chi connectivity index (χ1n) is 7.94. The predicted octanol–water partition coefficient (Wildman–Crippen LogP) is 4.06. The molecular formula is C17H14F5N3O2. The normalized spacial score (nSPS) is 17.1. The molecule has 0 radical (unpaired) electrons. The van der Waals surface area contributed by atoms with E-state index in [1.54, 1.807) is 0 Å². The molecule has 27 heavy (non-hydrogen) atoms. The van der Waals surface area contributed by atoms with Gasteiger partial charge in [-0.3, -0.25) is 0 Å². The highest BCUT2D eigenvalue weighted by atomic mass is 19.4. The van der Waals surface area contributed by atoms with Gasteiger partial charge in [0.15, 0.2) is 0 Å². The number of urea groups is 1. The first-order chi connectivity index (χ1) is 12.7. The number of rotatable bonds is 3. The molecule has 1 atom stereocenters. The average Bonchev–Trinajstić information content (AvgIpc) is 3.06. The third kappa shape index (κ3) is 4.44. The van der Waals surface area contributed by atoms with E-state index in [0.717, 1.165) is 30.5 Å². The van der Waals surface area contributed by atoms with E-state index in [4.69, 9.17) is 4.74 Å². The lowest BCUT2D eigenvalue weighted by Crippen LogP contribution is -2.35. The predicted molar refractivity (Wildman–Crippen MR) is 85.2 cm³/mol. The topological polar surface area (TPSA) is 54.5 Å². The van der Waals surface area contributed by atoms with Gasteiger partial charge in [0.1, 0.15) is 23.4 Å². The number of amides is 2. The Kier molecular flexibility index (Phi) is 5.15.